The molecule has 1 aliphatic heterocycles. The Balaban J connectivity index is 1.94. The van der Waals surface area contributed by atoms with Gasteiger partial charge < -0.3 is 19.7 Å². The van der Waals surface area contributed by atoms with Gasteiger partial charge in [-0.25, -0.2) is 9.97 Å². The van der Waals surface area contributed by atoms with Gasteiger partial charge in [0.05, 0.1) is 30.3 Å². The number of para-hydroxylation sites is 2. The number of aromatic nitrogens is 2. The van der Waals surface area contributed by atoms with Crippen molar-refractivity contribution in [3.8, 4) is 6.07 Å². The van der Waals surface area contributed by atoms with Gasteiger partial charge >= 0.3 is 0 Å². The van der Waals surface area contributed by atoms with Crippen molar-refractivity contribution >= 4 is 22.8 Å². The molecule has 1 aromatic heterocycles. The first-order valence-corrected chi connectivity index (χ1v) is 9.00. The number of morpholine rings is 1. The van der Waals surface area contributed by atoms with E-state index < -0.39 is 5.92 Å². The van der Waals surface area contributed by atoms with Crippen LogP contribution in [0.4, 0.5) is 5.82 Å². The molecule has 0 aliphatic carbocycles. The van der Waals surface area contributed by atoms with E-state index >= 15 is 0 Å². The van der Waals surface area contributed by atoms with Crippen molar-refractivity contribution in [2.24, 2.45) is 0 Å². The lowest BCUT2D eigenvalue weighted by atomic mass is 10.0. The molecule has 27 heavy (non-hydrogen) atoms. The smallest absolute Gasteiger partial charge is 0.243 e. The van der Waals surface area contributed by atoms with Gasteiger partial charge in [-0.2, -0.15) is 5.26 Å². The summed E-state index contributed by atoms with van der Waals surface area (Å²) in [6, 6.07) is 9.57. The summed E-state index contributed by atoms with van der Waals surface area (Å²) < 4.78 is 10.4. The molecule has 8 heteroatoms. The normalized spacial score (nSPS) is 15.3. The number of hydrogen-bond acceptors (Lipinski definition) is 7. The quantitative estimate of drug-likeness (QED) is 0.733. The number of benzene rings is 1. The number of methoxy groups -OCH3 is 1. The van der Waals surface area contributed by atoms with Crippen LogP contribution >= 0.6 is 0 Å². The number of nitrogens with zero attached hydrogens (tertiary/aromatic N) is 4. The number of nitrogens with one attached hydrogen (secondary N) is 1. The largest absolute Gasteiger partial charge is 0.385 e. The summed E-state index contributed by atoms with van der Waals surface area (Å²) in [7, 11) is 1.61. The third kappa shape index (κ3) is 4.51. The Bertz CT molecular complexity index is 830. The molecule has 0 unspecified atom stereocenters. The van der Waals surface area contributed by atoms with E-state index in [4.69, 9.17) is 14.5 Å². The van der Waals surface area contributed by atoms with Crippen molar-refractivity contribution in [3.05, 3.63) is 30.0 Å². The van der Waals surface area contributed by atoms with E-state index in [2.05, 4.69) is 16.4 Å². The second-order valence-electron chi connectivity index (χ2n) is 6.22. The van der Waals surface area contributed by atoms with Crippen molar-refractivity contribution in [3.63, 3.8) is 0 Å². The number of carbonyl (C=O) groups is 1. The van der Waals surface area contributed by atoms with Crippen LogP contribution in [0.25, 0.3) is 11.0 Å². The van der Waals surface area contributed by atoms with Crippen molar-refractivity contribution in [1.29, 1.82) is 5.26 Å². The molecule has 3 rings (SSSR count). The maximum atomic E-state index is 12.6. The highest BCUT2D eigenvalue weighted by Crippen LogP contribution is 2.27. The number of carbonyl (C=O) groups excluding carboxylic acids is 1. The van der Waals surface area contributed by atoms with Gasteiger partial charge in [-0.05, 0) is 18.6 Å². The summed E-state index contributed by atoms with van der Waals surface area (Å²) in [5, 5.41) is 12.5. The van der Waals surface area contributed by atoms with E-state index in [1.807, 2.05) is 29.2 Å². The molecule has 0 saturated carbocycles. The minimum Gasteiger partial charge on any atom is -0.385 e. The highest BCUT2D eigenvalue weighted by molar-refractivity contribution is 5.88. The Morgan fingerprint density at radius 2 is 2.04 bits per heavy atom. The van der Waals surface area contributed by atoms with Gasteiger partial charge in [0.2, 0.25) is 5.91 Å². The van der Waals surface area contributed by atoms with Gasteiger partial charge in [-0.15, -0.1) is 0 Å². The van der Waals surface area contributed by atoms with E-state index in [1.165, 1.54) is 0 Å². The van der Waals surface area contributed by atoms with Crippen LogP contribution in [-0.4, -0.2) is 62.4 Å². The molecule has 1 aliphatic rings. The number of anilines is 1. The lowest BCUT2D eigenvalue weighted by Crippen LogP contribution is -2.39. The lowest BCUT2D eigenvalue weighted by molar-refractivity contribution is -0.121. The SMILES string of the molecule is COCCCNC(=O)[C@@H](C#N)c1nc2ccccc2nc1N1CCOCC1. The standard InChI is InChI=1S/C19H23N5O3/c1-26-10-4-7-21-19(25)14(13-20)17-18(24-8-11-27-12-9-24)23-16-6-3-2-5-15(16)22-17/h2-3,5-6,14H,4,7-12H2,1H3,(H,21,25)/t14-/m0/s1. The van der Waals surface area contributed by atoms with Crippen molar-refractivity contribution < 1.29 is 14.3 Å². The Morgan fingerprint density at radius 3 is 2.70 bits per heavy atom. The molecule has 0 bridgehead atoms. The minimum atomic E-state index is -1.03. The first-order chi connectivity index (χ1) is 13.2. The molecule has 142 valence electrons. The predicted octanol–water partition coefficient (Wildman–Crippen LogP) is 1.23. The fourth-order valence-corrected chi connectivity index (χ4v) is 2.98. The molecule has 0 radical (unpaired) electrons. The summed E-state index contributed by atoms with van der Waals surface area (Å²) in [6.45, 7) is 3.44. The average Bonchev–Trinajstić information content (AvgIpc) is 2.72. The van der Waals surface area contributed by atoms with Gasteiger partial charge in [0, 0.05) is 33.4 Å². The number of hydrogen-bond donors (Lipinski definition) is 1. The summed E-state index contributed by atoms with van der Waals surface area (Å²) in [4.78, 5) is 24.0. The fourth-order valence-electron chi connectivity index (χ4n) is 2.98. The first kappa shape index (κ1) is 19.0. The second kappa shape index (κ2) is 9.26. The zero-order valence-electron chi connectivity index (χ0n) is 15.4. The third-order valence-corrected chi connectivity index (χ3v) is 4.38. The highest BCUT2D eigenvalue weighted by atomic mass is 16.5. The number of ether oxygens (including phenoxy) is 2. The molecular formula is C19H23N5O3. The zero-order chi connectivity index (χ0) is 19.1. The van der Waals surface area contributed by atoms with Crippen LogP contribution in [0.2, 0.25) is 0 Å². The summed E-state index contributed by atoms with van der Waals surface area (Å²) in [5.74, 6) is -0.814. The molecule has 1 N–H and O–H groups in total. The van der Waals surface area contributed by atoms with Crippen LogP contribution in [0.1, 0.15) is 18.0 Å². The van der Waals surface area contributed by atoms with E-state index in [9.17, 15) is 10.1 Å². The molecule has 1 fully saturated rings. The van der Waals surface area contributed by atoms with Crippen LogP contribution < -0.4 is 10.2 Å². The molecular weight excluding hydrogens is 346 g/mol. The zero-order valence-corrected chi connectivity index (χ0v) is 15.4. The van der Waals surface area contributed by atoms with Gasteiger partial charge in [-0.1, -0.05) is 12.1 Å². The topological polar surface area (TPSA) is 100 Å². The first-order valence-electron chi connectivity index (χ1n) is 9.00. The van der Waals surface area contributed by atoms with E-state index in [0.717, 1.165) is 5.52 Å². The van der Waals surface area contributed by atoms with Crippen molar-refractivity contribution in [1.82, 2.24) is 15.3 Å². The average molecular weight is 369 g/mol. The molecule has 1 aromatic carbocycles. The second-order valence-corrected chi connectivity index (χ2v) is 6.22. The lowest BCUT2D eigenvalue weighted by Gasteiger charge is -2.29. The number of amides is 1. The van der Waals surface area contributed by atoms with Gasteiger partial charge in [0.1, 0.15) is 5.69 Å². The van der Waals surface area contributed by atoms with Crippen LogP contribution in [0.3, 0.4) is 0 Å². The number of rotatable bonds is 7. The van der Waals surface area contributed by atoms with Crippen LogP contribution in [0.15, 0.2) is 24.3 Å². The Labute approximate surface area is 158 Å². The summed E-state index contributed by atoms with van der Waals surface area (Å²) in [5.41, 5.74) is 1.79. The Morgan fingerprint density at radius 1 is 1.33 bits per heavy atom. The summed E-state index contributed by atoms with van der Waals surface area (Å²) in [6.07, 6.45) is 0.681. The maximum absolute atomic E-state index is 12.6. The Hall–Kier alpha value is -2.76. The molecule has 1 amide bonds. The van der Waals surface area contributed by atoms with Crippen LogP contribution in [-0.2, 0) is 14.3 Å². The van der Waals surface area contributed by atoms with Gasteiger partial charge in [0.15, 0.2) is 11.7 Å². The van der Waals surface area contributed by atoms with Crippen molar-refractivity contribution in [2.45, 2.75) is 12.3 Å². The minimum absolute atomic E-state index is 0.368. The monoisotopic (exact) mass is 369 g/mol. The Kier molecular flexibility index (Phi) is 6.52. The predicted molar refractivity (Wildman–Crippen MR) is 100 cm³/mol. The number of fused-ring (bicyclic) bond motifs is 1. The van der Waals surface area contributed by atoms with Crippen LogP contribution in [0, 0.1) is 11.3 Å². The van der Waals surface area contributed by atoms with Gasteiger partial charge in [-0.3, -0.25) is 4.79 Å². The number of nitriles is 1. The molecule has 0 spiro atoms. The fraction of sp³-hybridized carbons (Fsp3) is 0.474. The summed E-state index contributed by atoms with van der Waals surface area (Å²) >= 11 is 0. The molecule has 1 saturated heterocycles. The maximum Gasteiger partial charge on any atom is 0.243 e. The van der Waals surface area contributed by atoms with Crippen LogP contribution in [0.5, 0.6) is 0 Å². The molecule has 2 aromatic rings. The molecule has 8 nitrogen and oxygen atoms in total. The van der Waals surface area contributed by atoms with E-state index in [-0.39, 0.29) is 5.91 Å². The third-order valence-electron chi connectivity index (χ3n) is 4.38. The molecule has 2 heterocycles. The highest BCUT2D eigenvalue weighted by Gasteiger charge is 2.29. The van der Waals surface area contributed by atoms with E-state index in [1.54, 1.807) is 7.11 Å². The van der Waals surface area contributed by atoms with Gasteiger partial charge in [0.25, 0.3) is 0 Å². The van der Waals surface area contributed by atoms with Crippen molar-refractivity contribution in [2.75, 3.05) is 51.5 Å². The van der Waals surface area contributed by atoms with E-state index in [0.29, 0.717) is 62.9 Å². The molecule has 1 atom stereocenters.